The smallest absolute Gasteiger partial charge is 0.237 e. The first-order valence-electron chi connectivity index (χ1n) is 4.67. The molecule has 1 amide bonds. The maximum absolute atomic E-state index is 11.3. The fraction of sp³-hybridized carbons (Fsp3) is 0.889. The van der Waals surface area contributed by atoms with Crippen LogP contribution < -0.4 is 11.1 Å². The highest BCUT2D eigenvalue weighted by Crippen LogP contribution is 2.31. The molecule has 2 atom stereocenters. The molecular formula is C9H19N3O. The zero-order valence-electron chi connectivity index (χ0n) is 8.63. The van der Waals surface area contributed by atoms with Crippen LogP contribution in [0, 0.1) is 0 Å². The standard InChI is InChI=1S/C9H19N3O/c1-11-9(8(10)13)5-4-7(6-9)12(2)3/h7,11H,4-6H2,1-3H3,(H2,10,13). The predicted octanol–water partition coefficient (Wildman–Crippen LogP) is -0.456. The molecule has 2 unspecified atom stereocenters. The van der Waals surface area contributed by atoms with Crippen LogP contribution in [0.25, 0.3) is 0 Å². The Morgan fingerprint density at radius 2 is 2.23 bits per heavy atom. The maximum Gasteiger partial charge on any atom is 0.237 e. The SMILES string of the molecule is CNC1(C(N)=O)CCC(N(C)C)C1. The second-order valence-electron chi connectivity index (χ2n) is 4.06. The Balaban J connectivity index is 2.69. The summed E-state index contributed by atoms with van der Waals surface area (Å²) in [6.07, 6.45) is 2.71. The van der Waals surface area contributed by atoms with E-state index < -0.39 is 5.54 Å². The number of hydrogen-bond acceptors (Lipinski definition) is 3. The minimum Gasteiger partial charge on any atom is -0.368 e. The van der Waals surface area contributed by atoms with Crippen LogP contribution in [-0.2, 0) is 4.79 Å². The Hall–Kier alpha value is -0.610. The zero-order chi connectivity index (χ0) is 10.1. The van der Waals surface area contributed by atoms with Gasteiger partial charge in [0.1, 0.15) is 0 Å². The van der Waals surface area contributed by atoms with Crippen molar-refractivity contribution in [2.45, 2.75) is 30.8 Å². The summed E-state index contributed by atoms with van der Waals surface area (Å²) < 4.78 is 0. The predicted molar refractivity (Wildman–Crippen MR) is 52.3 cm³/mol. The fourth-order valence-electron chi connectivity index (χ4n) is 2.03. The third-order valence-corrected chi connectivity index (χ3v) is 3.17. The van der Waals surface area contributed by atoms with Crippen molar-refractivity contribution < 1.29 is 4.79 Å². The minimum atomic E-state index is -0.463. The first-order chi connectivity index (χ1) is 6.02. The lowest BCUT2D eigenvalue weighted by Crippen LogP contribution is -2.52. The molecule has 0 radical (unpaired) electrons. The summed E-state index contributed by atoms with van der Waals surface area (Å²) in [6.45, 7) is 0. The van der Waals surface area contributed by atoms with Gasteiger partial charge in [-0.2, -0.15) is 0 Å². The number of nitrogens with zero attached hydrogens (tertiary/aromatic N) is 1. The number of nitrogens with one attached hydrogen (secondary N) is 1. The molecule has 3 N–H and O–H groups in total. The number of primary amides is 1. The molecule has 0 aromatic carbocycles. The molecule has 0 bridgehead atoms. The Bertz CT molecular complexity index is 205. The van der Waals surface area contributed by atoms with E-state index in [0.29, 0.717) is 6.04 Å². The number of amides is 1. The average Bonchev–Trinajstić information content (AvgIpc) is 2.49. The number of hydrogen-bond donors (Lipinski definition) is 2. The molecule has 4 heteroatoms. The minimum absolute atomic E-state index is 0.223. The van der Waals surface area contributed by atoms with Crippen LogP contribution in [0.3, 0.4) is 0 Å². The van der Waals surface area contributed by atoms with Crippen LogP contribution >= 0.6 is 0 Å². The Morgan fingerprint density at radius 1 is 1.62 bits per heavy atom. The highest BCUT2D eigenvalue weighted by atomic mass is 16.1. The fourth-order valence-corrected chi connectivity index (χ4v) is 2.03. The van der Waals surface area contributed by atoms with Crippen molar-refractivity contribution in [3.05, 3.63) is 0 Å². The molecule has 0 aromatic rings. The number of rotatable bonds is 3. The molecule has 76 valence electrons. The highest BCUT2D eigenvalue weighted by molar-refractivity contribution is 5.85. The average molecular weight is 185 g/mol. The third kappa shape index (κ3) is 1.84. The Morgan fingerprint density at radius 3 is 2.46 bits per heavy atom. The summed E-state index contributed by atoms with van der Waals surface area (Å²) in [5.41, 5.74) is 4.92. The normalized spacial score (nSPS) is 34.0. The highest BCUT2D eigenvalue weighted by Gasteiger charge is 2.43. The lowest BCUT2D eigenvalue weighted by atomic mass is 9.97. The second kappa shape index (κ2) is 3.64. The van der Waals surface area contributed by atoms with Gasteiger partial charge in [0.05, 0.1) is 5.54 Å². The van der Waals surface area contributed by atoms with Crippen molar-refractivity contribution in [3.63, 3.8) is 0 Å². The summed E-state index contributed by atoms with van der Waals surface area (Å²) in [6, 6.07) is 0.472. The molecule has 0 spiro atoms. The molecule has 13 heavy (non-hydrogen) atoms. The summed E-state index contributed by atoms with van der Waals surface area (Å²) >= 11 is 0. The van der Waals surface area contributed by atoms with Gasteiger partial charge in [-0.15, -0.1) is 0 Å². The third-order valence-electron chi connectivity index (χ3n) is 3.17. The van der Waals surface area contributed by atoms with E-state index in [9.17, 15) is 4.79 Å². The molecule has 1 fully saturated rings. The molecule has 0 saturated heterocycles. The monoisotopic (exact) mass is 185 g/mol. The first kappa shape index (κ1) is 10.5. The van der Waals surface area contributed by atoms with Crippen molar-refractivity contribution in [2.24, 2.45) is 5.73 Å². The molecule has 1 saturated carbocycles. The van der Waals surface area contributed by atoms with E-state index in [-0.39, 0.29) is 5.91 Å². The summed E-state index contributed by atoms with van der Waals surface area (Å²) in [7, 11) is 5.89. The van der Waals surface area contributed by atoms with E-state index in [1.54, 1.807) is 0 Å². The molecule has 4 nitrogen and oxygen atoms in total. The van der Waals surface area contributed by atoms with Crippen molar-refractivity contribution >= 4 is 5.91 Å². The number of nitrogens with two attached hydrogens (primary N) is 1. The molecule has 1 rings (SSSR count). The summed E-state index contributed by atoms with van der Waals surface area (Å²) in [5, 5.41) is 3.06. The van der Waals surface area contributed by atoms with Gasteiger partial charge in [-0.3, -0.25) is 4.79 Å². The van der Waals surface area contributed by atoms with Crippen LogP contribution in [0.4, 0.5) is 0 Å². The van der Waals surface area contributed by atoms with Crippen molar-refractivity contribution in [2.75, 3.05) is 21.1 Å². The van der Waals surface area contributed by atoms with E-state index in [1.165, 1.54) is 0 Å². The maximum atomic E-state index is 11.3. The molecule has 1 aliphatic rings. The van der Waals surface area contributed by atoms with Crippen LogP contribution in [-0.4, -0.2) is 43.5 Å². The Kier molecular flexibility index (Phi) is 2.93. The van der Waals surface area contributed by atoms with E-state index >= 15 is 0 Å². The van der Waals surface area contributed by atoms with Crippen LogP contribution in [0.5, 0.6) is 0 Å². The second-order valence-corrected chi connectivity index (χ2v) is 4.06. The van der Waals surface area contributed by atoms with Gasteiger partial charge in [-0.05, 0) is 40.4 Å². The largest absolute Gasteiger partial charge is 0.368 e. The van der Waals surface area contributed by atoms with E-state index in [4.69, 9.17) is 5.73 Å². The first-order valence-corrected chi connectivity index (χ1v) is 4.67. The van der Waals surface area contributed by atoms with Gasteiger partial charge in [0, 0.05) is 6.04 Å². The van der Waals surface area contributed by atoms with Gasteiger partial charge in [0.15, 0.2) is 0 Å². The summed E-state index contributed by atoms with van der Waals surface area (Å²) in [4.78, 5) is 13.4. The zero-order valence-corrected chi connectivity index (χ0v) is 8.63. The van der Waals surface area contributed by atoms with Gasteiger partial charge >= 0.3 is 0 Å². The van der Waals surface area contributed by atoms with Crippen LogP contribution in [0.1, 0.15) is 19.3 Å². The molecule has 0 heterocycles. The molecule has 1 aliphatic carbocycles. The lowest BCUT2D eigenvalue weighted by Gasteiger charge is -2.26. The lowest BCUT2D eigenvalue weighted by molar-refractivity contribution is -0.124. The number of likely N-dealkylation sites (N-methyl/N-ethyl adjacent to an activating group) is 1. The van der Waals surface area contributed by atoms with Gasteiger partial charge < -0.3 is 16.0 Å². The van der Waals surface area contributed by atoms with E-state index in [0.717, 1.165) is 19.3 Å². The van der Waals surface area contributed by atoms with Crippen LogP contribution in [0.2, 0.25) is 0 Å². The summed E-state index contributed by atoms with van der Waals surface area (Å²) in [5.74, 6) is -0.223. The molecule has 0 aromatic heterocycles. The van der Waals surface area contributed by atoms with Gasteiger partial charge in [-0.1, -0.05) is 0 Å². The van der Waals surface area contributed by atoms with Crippen LogP contribution in [0.15, 0.2) is 0 Å². The Labute approximate surface area is 79.5 Å². The topological polar surface area (TPSA) is 58.4 Å². The van der Waals surface area contributed by atoms with E-state index in [1.807, 2.05) is 21.1 Å². The van der Waals surface area contributed by atoms with Crippen molar-refractivity contribution in [1.29, 1.82) is 0 Å². The molecular weight excluding hydrogens is 166 g/mol. The van der Waals surface area contributed by atoms with E-state index in [2.05, 4.69) is 10.2 Å². The molecule has 0 aliphatic heterocycles. The van der Waals surface area contributed by atoms with Gasteiger partial charge in [0.25, 0.3) is 0 Å². The number of carbonyl (C=O) groups is 1. The van der Waals surface area contributed by atoms with Crippen molar-refractivity contribution in [3.8, 4) is 0 Å². The van der Waals surface area contributed by atoms with Gasteiger partial charge in [0.2, 0.25) is 5.91 Å². The van der Waals surface area contributed by atoms with Gasteiger partial charge in [-0.25, -0.2) is 0 Å². The quantitative estimate of drug-likeness (QED) is 0.626. The van der Waals surface area contributed by atoms with Crippen molar-refractivity contribution in [1.82, 2.24) is 10.2 Å². The number of carbonyl (C=O) groups excluding carboxylic acids is 1.